The van der Waals surface area contributed by atoms with Crippen molar-refractivity contribution in [2.24, 2.45) is 0 Å². The molecule has 6 heteroatoms. The molecule has 2 amide bonds. The molecule has 1 aromatic heterocycles. The lowest BCUT2D eigenvalue weighted by atomic mass is 10.7. The van der Waals surface area contributed by atoms with Gasteiger partial charge in [-0.05, 0) is 0 Å². The minimum atomic E-state index is -0.197. The van der Waals surface area contributed by atoms with Gasteiger partial charge in [-0.2, -0.15) is 8.75 Å². The van der Waals surface area contributed by atoms with Gasteiger partial charge in [-0.25, -0.2) is 4.79 Å². The van der Waals surface area contributed by atoms with Crippen LogP contribution < -0.4 is 5.32 Å². The highest BCUT2D eigenvalue weighted by molar-refractivity contribution is 6.99. The molecule has 0 aromatic carbocycles. The van der Waals surface area contributed by atoms with Crippen LogP contribution in [0.25, 0.3) is 0 Å². The van der Waals surface area contributed by atoms with Crippen molar-refractivity contribution in [2.45, 2.75) is 0 Å². The molecule has 0 saturated heterocycles. The number of urea groups is 1. The van der Waals surface area contributed by atoms with Gasteiger partial charge >= 0.3 is 6.03 Å². The van der Waals surface area contributed by atoms with Gasteiger partial charge in [0.25, 0.3) is 0 Å². The maximum Gasteiger partial charge on any atom is 0.322 e. The lowest BCUT2D eigenvalue weighted by molar-refractivity contribution is 0.230. The smallest absolute Gasteiger partial charge is 0.322 e. The summed E-state index contributed by atoms with van der Waals surface area (Å²) in [5, 5.41) is 2.55. The van der Waals surface area contributed by atoms with Crippen LogP contribution in [0, 0.1) is 0 Å². The van der Waals surface area contributed by atoms with Crippen LogP contribution in [-0.4, -0.2) is 33.8 Å². The van der Waals surface area contributed by atoms with E-state index in [9.17, 15) is 4.79 Å². The van der Waals surface area contributed by atoms with E-state index < -0.39 is 0 Å². The summed E-state index contributed by atoms with van der Waals surface area (Å²) in [5.41, 5.74) is 0. The predicted octanol–water partition coefficient (Wildman–Crippen LogP) is 0.632. The first-order valence-electron chi connectivity index (χ1n) is 2.96. The first kappa shape index (κ1) is 7.93. The van der Waals surface area contributed by atoms with Crippen LogP contribution in [0.2, 0.25) is 0 Å². The van der Waals surface area contributed by atoms with Gasteiger partial charge in [-0.15, -0.1) is 0 Å². The molecule has 60 valence electrons. The second kappa shape index (κ2) is 3.29. The zero-order chi connectivity index (χ0) is 8.27. The van der Waals surface area contributed by atoms with Crippen LogP contribution in [-0.2, 0) is 0 Å². The molecular weight excluding hydrogens is 164 g/mol. The molecule has 0 fully saturated rings. The fourth-order valence-electron chi connectivity index (χ4n) is 0.441. The molecule has 0 saturated carbocycles. The molecule has 1 heterocycles. The Kier molecular flexibility index (Phi) is 2.37. The number of amides is 2. The lowest BCUT2D eigenvalue weighted by Gasteiger charge is -2.08. The zero-order valence-electron chi connectivity index (χ0n) is 6.24. The summed E-state index contributed by atoms with van der Waals surface area (Å²) in [6, 6.07) is -0.197. The molecule has 1 aromatic rings. The van der Waals surface area contributed by atoms with Crippen LogP contribution in [0.15, 0.2) is 6.20 Å². The van der Waals surface area contributed by atoms with Crippen molar-refractivity contribution in [1.29, 1.82) is 0 Å². The highest BCUT2D eigenvalue weighted by atomic mass is 32.1. The van der Waals surface area contributed by atoms with Crippen LogP contribution in [0.5, 0.6) is 0 Å². The summed E-state index contributed by atoms with van der Waals surface area (Å²) in [6.45, 7) is 0. The second-order valence-corrected chi connectivity index (χ2v) is 2.67. The first-order chi connectivity index (χ1) is 5.20. The number of anilines is 1. The van der Waals surface area contributed by atoms with E-state index in [0.717, 1.165) is 11.7 Å². The van der Waals surface area contributed by atoms with Crippen molar-refractivity contribution in [3.63, 3.8) is 0 Å². The average molecular weight is 172 g/mol. The van der Waals surface area contributed by atoms with Crippen molar-refractivity contribution >= 4 is 23.6 Å². The standard InChI is InChI=1S/C5H8N4OS/c1-9(2)5(10)7-4-3-6-11-8-4/h3H,1-2H3,(H,7,8,10). The number of hydrogen-bond acceptors (Lipinski definition) is 4. The fraction of sp³-hybridized carbons (Fsp3) is 0.400. The largest absolute Gasteiger partial charge is 0.331 e. The quantitative estimate of drug-likeness (QED) is 0.676. The van der Waals surface area contributed by atoms with E-state index in [-0.39, 0.29) is 6.03 Å². The molecule has 0 spiro atoms. The molecule has 1 rings (SSSR count). The molecular formula is C5H8N4OS. The summed E-state index contributed by atoms with van der Waals surface area (Å²) in [5.74, 6) is 0.494. The minimum Gasteiger partial charge on any atom is -0.331 e. The molecule has 0 radical (unpaired) electrons. The van der Waals surface area contributed by atoms with Crippen molar-refractivity contribution in [2.75, 3.05) is 19.4 Å². The van der Waals surface area contributed by atoms with Crippen LogP contribution in [0.1, 0.15) is 0 Å². The Hall–Kier alpha value is -1.17. The second-order valence-electron chi connectivity index (χ2n) is 2.12. The third kappa shape index (κ3) is 2.15. The number of rotatable bonds is 1. The van der Waals surface area contributed by atoms with Crippen LogP contribution >= 0.6 is 11.7 Å². The summed E-state index contributed by atoms with van der Waals surface area (Å²) in [4.78, 5) is 12.4. The Balaban J connectivity index is 2.50. The summed E-state index contributed by atoms with van der Waals surface area (Å²) in [6.07, 6.45) is 1.51. The van der Waals surface area contributed by atoms with Crippen molar-refractivity contribution < 1.29 is 4.79 Å². The van der Waals surface area contributed by atoms with Gasteiger partial charge < -0.3 is 4.90 Å². The van der Waals surface area contributed by atoms with Crippen LogP contribution in [0.3, 0.4) is 0 Å². The predicted molar refractivity (Wildman–Crippen MR) is 42.6 cm³/mol. The fourth-order valence-corrected chi connectivity index (χ4v) is 0.816. The number of nitrogens with one attached hydrogen (secondary N) is 1. The Morgan fingerprint density at radius 2 is 2.45 bits per heavy atom. The monoisotopic (exact) mass is 172 g/mol. The molecule has 1 N–H and O–H groups in total. The zero-order valence-corrected chi connectivity index (χ0v) is 7.05. The SMILES string of the molecule is CN(C)C(=O)Nc1cnsn1. The van der Waals surface area contributed by atoms with Gasteiger partial charge in [0.2, 0.25) is 0 Å². The molecule has 0 aliphatic heterocycles. The Labute approximate surface area is 68.4 Å². The summed E-state index contributed by atoms with van der Waals surface area (Å²) in [7, 11) is 3.32. The highest BCUT2D eigenvalue weighted by Crippen LogP contribution is 2.01. The Morgan fingerprint density at radius 1 is 1.73 bits per heavy atom. The Morgan fingerprint density at radius 3 is 2.91 bits per heavy atom. The van der Waals surface area contributed by atoms with Crippen LogP contribution in [0.4, 0.5) is 10.6 Å². The van der Waals surface area contributed by atoms with E-state index in [4.69, 9.17) is 0 Å². The summed E-state index contributed by atoms with van der Waals surface area (Å²) >= 11 is 1.06. The van der Waals surface area contributed by atoms with E-state index in [1.54, 1.807) is 14.1 Å². The molecule has 5 nitrogen and oxygen atoms in total. The average Bonchev–Trinajstić information content (AvgIpc) is 2.39. The van der Waals surface area contributed by atoms with Gasteiger partial charge in [0.05, 0.1) is 17.9 Å². The number of carbonyl (C=O) groups is 1. The van der Waals surface area contributed by atoms with E-state index in [1.165, 1.54) is 11.1 Å². The lowest BCUT2D eigenvalue weighted by Crippen LogP contribution is -2.27. The Bertz CT molecular complexity index is 233. The minimum absolute atomic E-state index is 0.197. The summed E-state index contributed by atoms with van der Waals surface area (Å²) < 4.78 is 7.54. The number of nitrogens with zero attached hydrogens (tertiary/aromatic N) is 3. The van der Waals surface area contributed by atoms with Gasteiger partial charge in [-0.3, -0.25) is 5.32 Å². The van der Waals surface area contributed by atoms with Gasteiger partial charge in [0.15, 0.2) is 5.82 Å². The molecule has 11 heavy (non-hydrogen) atoms. The third-order valence-electron chi connectivity index (χ3n) is 1.00. The van der Waals surface area contributed by atoms with Crippen molar-refractivity contribution in [3.05, 3.63) is 6.20 Å². The van der Waals surface area contributed by atoms with E-state index >= 15 is 0 Å². The topological polar surface area (TPSA) is 58.1 Å². The van der Waals surface area contributed by atoms with Gasteiger partial charge in [-0.1, -0.05) is 0 Å². The van der Waals surface area contributed by atoms with Gasteiger partial charge in [0.1, 0.15) is 0 Å². The van der Waals surface area contributed by atoms with Crippen molar-refractivity contribution in [3.8, 4) is 0 Å². The molecule has 0 atom stereocenters. The highest BCUT2D eigenvalue weighted by Gasteiger charge is 2.04. The number of carbonyl (C=O) groups excluding carboxylic acids is 1. The van der Waals surface area contributed by atoms with E-state index in [2.05, 4.69) is 14.1 Å². The number of hydrogen-bond donors (Lipinski definition) is 1. The normalized spacial score (nSPS) is 9.27. The first-order valence-corrected chi connectivity index (χ1v) is 3.69. The number of aromatic nitrogens is 2. The van der Waals surface area contributed by atoms with Gasteiger partial charge in [0, 0.05) is 14.1 Å². The maximum absolute atomic E-state index is 11.0. The molecule has 0 aliphatic carbocycles. The van der Waals surface area contributed by atoms with E-state index in [1.807, 2.05) is 0 Å². The molecule has 0 aliphatic rings. The van der Waals surface area contributed by atoms with Crippen molar-refractivity contribution in [1.82, 2.24) is 13.6 Å². The molecule has 0 unspecified atom stereocenters. The third-order valence-corrected chi connectivity index (χ3v) is 1.48. The molecule has 0 bridgehead atoms. The maximum atomic E-state index is 11.0. The van der Waals surface area contributed by atoms with E-state index in [0.29, 0.717) is 5.82 Å².